The summed E-state index contributed by atoms with van der Waals surface area (Å²) in [6, 6.07) is -0.400. The van der Waals surface area contributed by atoms with Crippen LogP contribution in [0.4, 0.5) is 4.79 Å². The third-order valence-electron chi connectivity index (χ3n) is 2.94. The summed E-state index contributed by atoms with van der Waals surface area (Å²) in [6.07, 6.45) is 1.20. The number of urea groups is 1. The normalized spacial score (nSPS) is 11.7. The molecule has 0 aliphatic carbocycles. The van der Waals surface area contributed by atoms with Crippen molar-refractivity contribution in [3.05, 3.63) is 0 Å². The van der Waals surface area contributed by atoms with Gasteiger partial charge in [-0.3, -0.25) is 14.9 Å². The van der Waals surface area contributed by atoms with Crippen LogP contribution in [0.15, 0.2) is 0 Å². The SMILES string of the molecule is CCC(C)CN(CC)C(=O)NC(=O)CCCC(=O)O. The molecule has 0 saturated heterocycles. The van der Waals surface area contributed by atoms with E-state index >= 15 is 0 Å². The van der Waals surface area contributed by atoms with Crippen LogP contribution < -0.4 is 5.32 Å². The summed E-state index contributed by atoms with van der Waals surface area (Å²) in [5, 5.41) is 10.7. The maximum absolute atomic E-state index is 11.8. The zero-order chi connectivity index (χ0) is 14.8. The molecule has 0 heterocycles. The Hall–Kier alpha value is -1.59. The molecule has 0 aliphatic rings. The zero-order valence-electron chi connectivity index (χ0n) is 11.9. The summed E-state index contributed by atoms with van der Waals surface area (Å²) < 4.78 is 0. The zero-order valence-corrected chi connectivity index (χ0v) is 11.9. The molecule has 0 aromatic heterocycles. The van der Waals surface area contributed by atoms with Crippen LogP contribution in [0.3, 0.4) is 0 Å². The third kappa shape index (κ3) is 8.18. The summed E-state index contributed by atoms with van der Waals surface area (Å²) in [6.45, 7) is 7.11. The molecule has 19 heavy (non-hydrogen) atoms. The van der Waals surface area contributed by atoms with Gasteiger partial charge in [0.05, 0.1) is 0 Å². The Kier molecular flexibility index (Phi) is 8.57. The smallest absolute Gasteiger partial charge is 0.324 e. The molecule has 1 unspecified atom stereocenters. The molecular formula is C13H24N2O4. The Morgan fingerprint density at radius 1 is 1.21 bits per heavy atom. The summed E-state index contributed by atoms with van der Waals surface area (Å²) in [5.74, 6) is -0.979. The number of aliphatic carboxylic acids is 1. The highest BCUT2D eigenvalue weighted by Crippen LogP contribution is 2.04. The van der Waals surface area contributed by atoms with Gasteiger partial charge in [0, 0.05) is 25.9 Å². The fourth-order valence-electron chi connectivity index (χ4n) is 1.52. The first-order valence-electron chi connectivity index (χ1n) is 6.71. The predicted molar refractivity (Wildman–Crippen MR) is 71.7 cm³/mol. The average molecular weight is 272 g/mol. The lowest BCUT2D eigenvalue weighted by molar-refractivity contribution is -0.137. The molecule has 6 heteroatoms. The molecule has 0 aromatic rings. The number of hydrogen-bond donors (Lipinski definition) is 2. The highest BCUT2D eigenvalue weighted by atomic mass is 16.4. The number of amides is 3. The molecule has 0 aromatic carbocycles. The van der Waals surface area contributed by atoms with E-state index in [-0.39, 0.29) is 19.3 Å². The van der Waals surface area contributed by atoms with Crippen LogP contribution in [0.2, 0.25) is 0 Å². The van der Waals surface area contributed by atoms with Gasteiger partial charge < -0.3 is 10.0 Å². The molecule has 0 bridgehead atoms. The van der Waals surface area contributed by atoms with Gasteiger partial charge in [-0.2, -0.15) is 0 Å². The van der Waals surface area contributed by atoms with Gasteiger partial charge in [0.1, 0.15) is 0 Å². The van der Waals surface area contributed by atoms with Crippen molar-refractivity contribution in [2.75, 3.05) is 13.1 Å². The number of imide groups is 1. The fourth-order valence-corrected chi connectivity index (χ4v) is 1.52. The lowest BCUT2D eigenvalue weighted by Crippen LogP contribution is -2.44. The minimum Gasteiger partial charge on any atom is -0.481 e. The number of carboxylic acids is 1. The van der Waals surface area contributed by atoms with E-state index in [0.29, 0.717) is 19.0 Å². The van der Waals surface area contributed by atoms with Crippen molar-refractivity contribution in [3.63, 3.8) is 0 Å². The van der Waals surface area contributed by atoms with E-state index < -0.39 is 17.9 Å². The van der Waals surface area contributed by atoms with Crippen LogP contribution in [0, 0.1) is 5.92 Å². The maximum Gasteiger partial charge on any atom is 0.324 e. The van der Waals surface area contributed by atoms with E-state index in [0.717, 1.165) is 6.42 Å². The quantitative estimate of drug-likeness (QED) is 0.706. The van der Waals surface area contributed by atoms with E-state index in [1.165, 1.54) is 0 Å². The molecule has 0 fully saturated rings. The van der Waals surface area contributed by atoms with E-state index in [2.05, 4.69) is 5.32 Å². The highest BCUT2D eigenvalue weighted by Gasteiger charge is 2.16. The molecule has 2 N–H and O–H groups in total. The first-order valence-corrected chi connectivity index (χ1v) is 6.71. The van der Waals surface area contributed by atoms with Crippen LogP contribution in [0.1, 0.15) is 46.5 Å². The standard InChI is InChI=1S/C13H24N2O4/c1-4-10(3)9-15(5-2)13(19)14-11(16)7-6-8-12(17)18/h10H,4-9H2,1-3H3,(H,17,18)(H,14,16,19). The lowest BCUT2D eigenvalue weighted by Gasteiger charge is -2.23. The number of carboxylic acid groups (broad SMARTS) is 1. The Morgan fingerprint density at radius 2 is 1.84 bits per heavy atom. The van der Waals surface area contributed by atoms with Crippen LogP contribution in [0.5, 0.6) is 0 Å². The van der Waals surface area contributed by atoms with Gasteiger partial charge in [-0.05, 0) is 19.3 Å². The molecule has 3 amide bonds. The second-order valence-electron chi connectivity index (χ2n) is 4.65. The molecule has 1 atom stereocenters. The summed E-state index contributed by atoms with van der Waals surface area (Å²) >= 11 is 0. The van der Waals surface area contributed by atoms with E-state index in [9.17, 15) is 14.4 Å². The molecule has 0 spiro atoms. The monoisotopic (exact) mass is 272 g/mol. The minimum absolute atomic E-state index is 0.0545. The van der Waals surface area contributed by atoms with E-state index in [1.807, 2.05) is 20.8 Å². The van der Waals surface area contributed by atoms with Gasteiger partial charge in [0.15, 0.2) is 0 Å². The Balaban J connectivity index is 4.10. The number of rotatable bonds is 8. The van der Waals surface area contributed by atoms with E-state index in [1.54, 1.807) is 4.90 Å². The summed E-state index contributed by atoms with van der Waals surface area (Å²) in [7, 11) is 0. The highest BCUT2D eigenvalue weighted by molar-refractivity contribution is 5.94. The minimum atomic E-state index is -0.939. The largest absolute Gasteiger partial charge is 0.481 e. The van der Waals surface area contributed by atoms with Crippen molar-refractivity contribution < 1.29 is 19.5 Å². The third-order valence-corrected chi connectivity index (χ3v) is 2.94. The Morgan fingerprint density at radius 3 is 2.32 bits per heavy atom. The topological polar surface area (TPSA) is 86.7 Å². The second-order valence-corrected chi connectivity index (χ2v) is 4.65. The number of carbonyl (C=O) groups is 3. The van der Waals surface area contributed by atoms with Crippen molar-refractivity contribution in [1.82, 2.24) is 10.2 Å². The first kappa shape index (κ1) is 17.4. The van der Waals surface area contributed by atoms with Gasteiger partial charge in [-0.1, -0.05) is 20.3 Å². The van der Waals surface area contributed by atoms with Crippen molar-refractivity contribution in [2.45, 2.75) is 46.5 Å². The van der Waals surface area contributed by atoms with E-state index in [4.69, 9.17) is 5.11 Å². The van der Waals surface area contributed by atoms with Crippen LogP contribution in [0.25, 0.3) is 0 Å². The molecular weight excluding hydrogens is 248 g/mol. The van der Waals surface area contributed by atoms with Crippen LogP contribution in [-0.2, 0) is 9.59 Å². The fraction of sp³-hybridized carbons (Fsp3) is 0.769. The van der Waals surface area contributed by atoms with Gasteiger partial charge in [-0.15, -0.1) is 0 Å². The number of carbonyl (C=O) groups excluding carboxylic acids is 2. The summed E-state index contributed by atoms with van der Waals surface area (Å²) in [5.41, 5.74) is 0. The van der Waals surface area contributed by atoms with Gasteiger partial charge in [-0.25, -0.2) is 4.79 Å². The van der Waals surface area contributed by atoms with Crippen molar-refractivity contribution in [1.29, 1.82) is 0 Å². The van der Waals surface area contributed by atoms with Crippen molar-refractivity contribution in [3.8, 4) is 0 Å². The Labute approximate surface area is 114 Å². The molecule has 110 valence electrons. The lowest BCUT2D eigenvalue weighted by atomic mass is 10.1. The molecule has 6 nitrogen and oxygen atoms in total. The second kappa shape index (κ2) is 9.35. The maximum atomic E-state index is 11.8. The van der Waals surface area contributed by atoms with Crippen molar-refractivity contribution in [2.24, 2.45) is 5.92 Å². The molecule has 0 radical (unpaired) electrons. The van der Waals surface area contributed by atoms with Crippen LogP contribution in [-0.4, -0.2) is 41.0 Å². The molecule has 0 aliphatic heterocycles. The first-order chi connectivity index (χ1) is 8.90. The number of hydrogen-bond acceptors (Lipinski definition) is 3. The predicted octanol–water partition coefficient (Wildman–Crippen LogP) is 1.85. The molecule has 0 saturated carbocycles. The number of nitrogens with zero attached hydrogens (tertiary/aromatic N) is 1. The van der Waals surface area contributed by atoms with Gasteiger partial charge in [0.2, 0.25) is 5.91 Å². The average Bonchev–Trinajstić information content (AvgIpc) is 2.34. The number of nitrogens with one attached hydrogen (secondary N) is 1. The van der Waals surface area contributed by atoms with Crippen LogP contribution >= 0.6 is 0 Å². The van der Waals surface area contributed by atoms with Gasteiger partial charge >= 0.3 is 12.0 Å². The van der Waals surface area contributed by atoms with Crippen molar-refractivity contribution >= 4 is 17.9 Å². The summed E-state index contributed by atoms with van der Waals surface area (Å²) in [4.78, 5) is 35.2. The van der Waals surface area contributed by atoms with Gasteiger partial charge in [0.25, 0.3) is 0 Å². The molecule has 0 rings (SSSR count). The Bertz CT molecular complexity index is 318.